The summed E-state index contributed by atoms with van der Waals surface area (Å²) in [6.45, 7) is 4.61. The van der Waals surface area contributed by atoms with E-state index in [0.717, 1.165) is 34.5 Å². The maximum Gasteiger partial charge on any atom is 0.293 e. The summed E-state index contributed by atoms with van der Waals surface area (Å²) >= 11 is 0. The number of carbonyl (C=O) groups excluding carboxylic acids is 2. The number of rotatable bonds is 3. The number of furan rings is 1. The SMILES string of the molecule is Cc1ccc(C(=O)Nc2ccc3c(c2)CCN3C(=O)c2ccco2)cc1C. The van der Waals surface area contributed by atoms with Crippen molar-refractivity contribution >= 4 is 23.2 Å². The van der Waals surface area contributed by atoms with Gasteiger partial charge in [0.15, 0.2) is 5.76 Å². The summed E-state index contributed by atoms with van der Waals surface area (Å²) in [5, 5.41) is 2.95. The van der Waals surface area contributed by atoms with Crippen molar-refractivity contribution in [1.82, 2.24) is 0 Å². The average Bonchev–Trinajstić information content (AvgIpc) is 3.33. The lowest BCUT2D eigenvalue weighted by Gasteiger charge is -2.16. The number of nitrogens with one attached hydrogen (secondary N) is 1. The molecule has 0 fully saturated rings. The van der Waals surface area contributed by atoms with Crippen molar-refractivity contribution in [3.8, 4) is 0 Å². The van der Waals surface area contributed by atoms with Gasteiger partial charge in [0, 0.05) is 23.5 Å². The Hall–Kier alpha value is -3.34. The highest BCUT2D eigenvalue weighted by Gasteiger charge is 2.27. The Morgan fingerprint density at radius 3 is 2.63 bits per heavy atom. The van der Waals surface area contributed by atoms with Crippen molar-refractivity contribution in [2.45, 2.75) is 20.3 Å². The molecule has 2 heterocycles. The molecule has 27 heavy (non-hydrogen) atoms. The molecule has 136 valence electrons. The third kappa shape index (κ3) is 3.24. The van der Waals surface area contributed by atoms with E-state index in [1.807, 2.05) is 50.2 Å². The first kappa shape index (κ1) is 17.1. The summed E-state index contributed by atoms with van der Waals surface area (Å²) in [5.74, 6) is 0.0419. The van der Waals surface area contributed by atoms with Crippen LogP contribution in [-0.4, -0.2) is 18.4 Å². The van der Waals surface area contributed by atoms with Gasteiger partial charge in [-0.1, -0.05) is 6.07 Å². The number of carbonyl (C=O) groups is 2. The zero-order valence-electron chi connectivity index (χ0n) is 15.3. The van der Waals surface area contributed by atoms with Crippen LogP contribution >= 0.6 is 0 Å². The van der Waals surface area contributed by atoms with Gasteiger partial charge in [0.05, 0.1) is 6.26 Å². The highest BCUT2D eigenvalue weighted by molar-refractivity contribution is 6.07. The van der Waals surface area contributed by atoms with Crippen molar-refractivity contribution in [1.29, 1.82) is 0 Å². The number of amides is 2. The lowest BCUT2D eigenvalue weighted by atomic mass is 10.1. The van der Waals surface area contributed by atoms with Gasteiger partial charge < -0.3 is 14.6 Å². The number of nitrogens with zero attached hydrogens (tertiary/aromatic N) is 1. The van der Waals surface area contributed by atoms with E-state index in [1.165, 1.54) is 6.26 Å². The predicted molar refractivity (Wildman–Crippen MR) is 104 cm³/mol. The summed E-state index contributed by atoms with van der Waals surface area (Å²) in [5.41, 5.74) is 5.50. The molecule has 0 radical (unpaired) electrons. The van der Waals surface area contributed by atoms with E-state index in [4.69, 9.17) is 4.42 Å². The van der Waals surface area contributed by atoms with Gasteiger partial charge in [0.1, 0.15) is 0 Å². The molecular weight excluding hydrogens is 340 g/mol. The van der Waals surface area contributed by atoms with Gasteiger partial charge >= 0.3 is 0 Å². The minimum atomic E-state index is -0.148. The summed E-state index contributed by atoms with van der Waals surface area (Å²) in [6.07, 6.45) is 2.24. The molecule has 5 nitrogen and oxygen atoms in total. The summed E-state index contributed by atoms with van der Waals surface area (Å²) in [6, 6.07) is 14.7. The van der Waals surface area contributed by atoms with Crippen molar-refractivity contribution in [2.24, 2.45) is 0 Å². The first-order chi connectivity index (χ1) is 13.0. The van der Waals surface area contributed by atoms with Crippen LogP contribution in [0.4, 0.5) is 11.4 Å². The van der Waals surface area contributed by atoms with Crippen LogP contribution in [-0.2, 0) is 6.42 Å². The zero-order chi connectivity index (χ0) is 19.0. The second-order valence-corrected chi connectivity index (χ2v) is 6.78. The van der Waals surface area contributed by atoms with Crippen LogP contribution in [0.25, 0.3) is 0 Å². The largest absolute Gasteiger partial charge is 0.459 e. The second-order valence-electron chi connectivity index (χ2n) is 6.78. The van der Waals surface area contributed by atoms with E-state index >= 15 is 0 Å². The average molecular weight is 360 g/mol. The lowest BCUT2D eigenvalue weighted by Crippen LogP contribution is -2.28. The number of hydrogen-bond acceptors (Lipinski definition) is 3. The molecule has 0 spiro atoms. The third-order valence-corrected chi connectivity index (χ3v) is 4.98. The van der Waals surface area contributed by atoms with E-state index in [1.54, 1.807) is 17.0 Å². The Kier molecular flexibility index (Phi) is 4.28. The molecule has 0 aliphatic carbocycles. The van der Waals surface area contributed by atoms with Crippen LogP contribution in [0.3, 0.4) is 0 Å². The Balaban J connectivity index is 1.53. The standard InChI is InChI=1S/C22H20N2O3/c1-14-5-6-17(12-15(14)2)21(25)23-18-7-8-19-16(13-18)9-10-24(19)22(26)20-4-3-11-27-20/h3-8,11-13H,9-10H2,1-2H3,(H,23,25). The molecule has 5 heteroatoms. The molecule has 2 aromatic carbocycles. The Morgan fingerprint density at radius 1 is 1.04 bits per heavy atom. The highest BCUT2D eigenvalue weighted by atomic mass is 16.3. The van der Waals surface area contributed by atoms with Gasteiger partial charge in [-0.05, 0) is 79.4 Å². The van der Waals surface area contributed by atoms with Gasteiger partial charge in [-0.15, -0.1) is 0 Å². The Bertz CT molecular complexity index is 1020. The number of benzene rings is 2. The maximum absolute atomic E-state index is 12.5. The third-order valence-electron chi connectivity index (χ3n) is 4.98. The molecule has 1 aromatic heterocycles. The van der Waals surface area contributed by atoms with Crippen molar-refractivity contribution in [2.75, 3.05) is 16.8 Å². The fourth-order valence-corrected chi connectivity index (χ4v) is 3.31. The molecule has 0 atom stereocenters. The molecule has 1 aliphatic heterocycles. The summed E-state index contributed by atoms with van der Waals surface area (Å²) in [7, 11) is 0. The van der Waals surface area contributed by atoms with Crippen LogP contribution in [0, 0.1) is 13.8 Å². The highest BCUT2D eigenvalue weighted by Crippen LogP contribution is 2.32. The van der Waals surface area contributed by atoms with Crippen LogP contribution in [0.15, 0.2) is 59.2 Å². The smallest absolute Gasteiger partial charge is 0.293 e. The van der Waals surface area contributed by atoms with Crippen LogP contribution in [0.5, 0.6) is 0 Å². The maximum atomic E-state index is 12.5. The first-order valence-electron chi connectivity index (χ1n) is 8.90. The zero-order valence-corrected chi connectivity index (χ0v) is 15.3. The second kappa shape index (κ2) is 6.76. The fourth-order valence-electron chi connectivity index (χ4n) is 3.31. The number of anilines is 2. The fraction of sp³-hybridized carbons (Fsp3) is 0.182. The molecule has 1 N–H and O–H groups in total. The number of fused-ring (bicyclic) bond motifs is 1. The van der Waals surface area contributed by atoms with E-state index in [-0.39, 0.29) is 11.8 Å². The normalized spacial score (nSPS) is 12.7. The number of hydrogen-bond donors (Lipinski definition) is 1. The van der Waals surface area contributed by atoms with Crippen LogP contribution in [0.1, 0.15) is 37.6 Å². The molecular formula is C22H20N2O3. The van der Waals surface area contributed by atoms with Crippen molar-refractivity contribution < 1.29 is 14.0 Å². The van der Waals surface area contributed by atoms with E-state index in [9.17, 15) is 9.59 Å². The molecule has 4 rings (SSSR count). The van der Waals surface area contributed by atoms with Crippen molar-refractivity contribution in [3.05, 3.63) is 82.8 Å². The van der Waals surface area contributed by atoms with E-state index in [0.29, 0.717) is 17.9 Å². The van der Waals surface area contributed by atoms with Gasteiger partial charge in [-0.2, -0.15) is 0 Å². The Labute approximate surface area is 157 Å². The minimum Gasteiger partial charge on any atom is -0.459 e. The molecule has 0 saturated heterocycles. The molecule has 3 aromatic rings. The van der Waals surface area contributed by atoms with Gasteiger partial charge in [-0.25, -0.2) is 0 Å². The molecule has 0 unspecified atom stereocenters. The van der Waals surface area contributed by atoms with Gasteiger partial charge in [0.2, 0.25) is 0 Å². The van der Waals surface area contributed by atoms with Gasteiger partial charge in [-0.3, -0.25) is 9.59 Å². The summed E-state index contributed by atoms with van der Waals surface area (Å²) < 4.78 is 5.22. The summed E-state index contributed by atoms with van der Waals surface area (Å²) in [4.78, 5) is 26.8. The quantitative estimate of drug-likeness (QED) is 0.755. The predicted octanol–water partition coefficient (Wildman–Crippen LogP) is 4.35. The monoisotopic (exact) mass is 360 g/mol. The minimum absolute atomic E-state index is 0.139. The van der Waals surface area contributed by atoms with Crippen LogP contribution in [0.2, 0.25) is 0 Å². The van der Waals surface area contributed by atoms with Crippen molar-refractivity contribution in [3.63, 3.8) is 0 Å². The van der Waals surface area contributed by atoms with Gasteiger partial charge in [0.25, 0.3) is 11.8 Å². The Morgan fingerprint density at radius 2 is 1.89 bits per heavy atom. The van der Waals surface area contributed by atoms with E-state index < -0.39 is 0 Å². The lowest BCUT2D eigenvalue weighted by molar-refractivity contribution is 0.0962. The number of aryl methyl sites for hydroxylation is 2. The topological polar surface area (TPSA) is 62.6 Å². The molecule has 2 amide bonds. The van der Waals surface area contributed by atoms with Crippen LogP contribution < -0.4 is 10.2 Å². The molecule has 1 aliphatic rings. The first-order valence-corrected chi connectivity index (χ1v) is 8.90. The molecule has 0 saturated carbocycles. The van der Waals surface area contributed by atoms with E-state index in [2.05, 4.69) is 5.32 Å². The molecule has 0 bridgehead atoms.